The van der Waals surface area contributed by atoms with Crippen LogP contribution in [0.25, 0.3) is 0 Å². The molecule has 1 aromatic heterocycles. The van der Waals surface area contributed by atoms with Crippen molar-refractivity contribution < 1.29 is 41.0 Å². The Bertz CT molecular complexity index is 1150. The van der Waals surface area contributed by atoms with Gasteiger partial charge in [0.15, 0.2) is 6.04 Å². The second-order valence-corrected chi connectivity index (χ2v) is 9.80. The van der Waals surface area contributed by atoms with Crippen LogP contribution in [0, 0.1) is 5.92 Å². The van der Waals surface area contributed by atoms with Gasteiger partial charge in [-0.05, 0) is 29.7 Å². The number of carboxylic acid groups (broad SMARTS) is 1. The molecule has 0 spiro atoms. The van der Waals surface area contributed by atoms with Crippen molar-refractivity contribution >= 4 is 17.6 Å². The van der Waals surface area contributed by atoms with Crippen LogP contribution in [-0.4, -0.2) is 65.4 Å². The zero-order chi connectivity index (χ0) is 28.5. The first-order chi connectivity index (χ1) is 17.5. The smallest absolute Gasteiger partial charge is 0.475 e. The van der Waals surface area contributed by atoms with Crippen LogP contribution in [0.15, 0.2) is 42.6 Å². The summed E-state index contributed by atoms with van der Waals surface area (Å²) in [5.41, 5.74) is 2.91. The van der Waals surface area contributed by atoms with Crippen LogP contribution in [0.5, 0.6) is 0 Å². The quantitative estimate of drug-likeness (QED) is 0.484. The van der Waals surface area contributed by atoms with Crippen molar-refractivity contribution in [2.24, 2.45) is 5.92 Å². The van der Waals surface area contributed by atoms with Gasteiger partial charge in [-0.3, -0.25) is 9.78 Å². The Morgan fingerprint density at radius 3 is 2.16 bits per heavy atom. The van der Waals surface area contributed by atoms with Gasteiger partial charge in [0.05, 0.1) is 23.5 Å². The van der Waals surface area contributed by atoms with E-state index in [-0.39, 0.29) is 17.2 Å². The number of anilines is 1. The van der Waals surface area contributed by atoms with Gasteiger partial charge in [0.25, 0.3) is 0 Å². The fourth-order valence-corrected chi connectivity index (χ4v) is 4.54. The van der Waals surface area contributed by atoms with Crippen LogP contribution in [0.1, 0.15) is 36.7 Å². The summed E-state index contributed by atoms with van der Waals surface area (Å²) in [6.07, 6.45) is -7.43. The van der Waals surface area contributed by atoms with Gasteiger partial charge in [-0.2, -0.15) is 26.3 Å². The van der Waals surface area contributed by atoms with Gasteiger partial charge in [0, 0.05) is 31.6 Å². The number of fused-ring (bicyclic) bond motifs is 1. The van der Waals surface area contributed by atoms with Crippen molar-refractivity contribution in [3.8, 4) is 0 Å². The molecular formula is C25H28F6N4O3. The number of amides is 1. The van der Waals surface area contributed by atoms with E-state index in [0.29, 0.717) is 18.8 Å². The minimum Gasteiger partial charge on any atom is -0.475 e. The molecular weight excluding hydrogens is 518 g/mol. The maximum Gasteiger partial charge on any atom is 0.490 e. The molecule has 2 atom stereocenters. The van der Waals surface area contributed by atoms with Crippen LogP contribution in [0.4, 0.5) is 32.0 Å². The number of rotatable bonds is 5. The number of pyridine rings is 1. The van der Waals surface area contributed by atoms with Crippen LogP contribution in [0.3, 0.4) is 0 Å². The van der Waals surface area contributed by atoms with Crippen LogP contribution in [-0.2, 0) is 21.4 Å². The Balaban J connectivity index is 0.000000505. The Hall–Kier alpha value is -3.35. The molecule has 2 heterocycles. The van der Waals surface area contributed by atoms with Gasteiger partial charge in [-0.1, -0.05) is 38.1 Å². The van der Waals surface area contributed by atoms with E-state index in [2.05, 4.69) is 41.6 Å². The Kier molecular flexibility index (Phi) is 8.30. The number of aromatic nitrogens is 1. The molecule has 1 aliphatic carbocycles. The first kappa shape index (κ1) is 29.2. The van der Waals surface area contributed by atoms with E-state index in [1.807, 2.05) is 12.1 Å². The standard InChI is InChI=1S/C23H27F3N4O.C2HF3O2/c1-22(2)17-7-5-4-6-14(17)10-19(22)29-16-8-9-18(28-13-16)20(23(24,25)26)30(3)21(31)15-11-27-12-15;3-2(4,5)1(6)7/h4-9,13,15,19-20,27,29H,10-12H2,1-3H3;(H,6,7)/t19?,20-;/m0./s1. The van der Waals surface area contributed by atoms with Crippen LogP contribution in [0.2, 0.25) is 0 Å². The summed E-state index contributed by atoms with van der Waals surface area (Å²) in [5, 5.41) is 13.5. The van der Waals surface area contributed by atoms with Gasteiger partial charge in [0.2, 0.25) is 5.91 Å². The number of hydrogen-bond acceptors (Lipinski definition) is 5. The maximum absolute atomic E-state index is 13.8. The van der Waals surface area contributed by atoms with Gasteiger partial charge in [-0.25, -0.2) is 4.79 Å². The van der Waals surface area contributed by atoms with Crippen molar-refractivity contribution in [3.05, 3.63) is 59.4 Å². The summed E-state index contributed by atoms with van der Waals surface area (Å²) < 4.78 is 73.2. The normalized spacial score (nSPS) is 19.3. The largest absolute Gasteiger partial charge is 0.490 e. The molecule has 1 unspecified atom stereocenters. The van der Waals surface area contributed by atoms with Crippen LogP contribution >= 0.6 is 0 Å². The number of carbonyl (C=O) groups excluding carboxylic acids is 1. The molecule has 1 aliphatic heterocycles. The lowest BCUT2D eigenvalue weighted by Crippen LogP contribution is -2.53. The number of nitrogens with one attached hydrogen (secondary N) is 2. The monoisotopic (exact) mass is 546 g/mol. The number of benzene rings is 1. The van der Waals surface area contributed by atoms with E-state index < -0.39 is 36.2 Å². The predicted octanol–water partition coefficient (Wildman–Crippen LogP) is 4.31. The molecule has 13 heteroatoms. The Morgan fingerprint density at radius 2 is 1.71 bits per heavy atom. The third-order valence-electron chi connectivity index (χ3n) is 6.83. The molecule has 7 nitrogen and oxygen atoms in total. The van der Waals surface area contributed by atoms with E-state index in [0.717, 1.165) is 11.3 Å². The fraction of sp³-hybridized carbons (Fsp3) is 0.480. The highest BCUT2D eigenvalue weighted by atomic mass is 19.4. The van der Waals surface area contributed by atoms with Gasteiger partial charge >= 0.3 is 18.3 Å². The number of halogens is 6. The number of carbonyl (C=O) groups is 2. The summed E-state index contributed by atoms with van der Waals surface area (Å²) >= 11 is 0. The first-order valence-corrected chi connectivity index (χ1v) is 11.7. The lowest BCUT2D eigenvalue weighted by Gasteiger charge is -2.35. The maximum atomic E-state index is 13.8. The fourth-order valence-electron chi connectivity index (χ4n) is 4.54. The van der Waals surface area contributed by atoms with E-state index >= 15 is 0 Å². The number of alkyl halides is 6. The number of nitrogens with zero attached hydrogens (tertiary/aromatic N) is 2. The molecule has 2 aromatic rings. The molecule has 0 bridgehead atoms. The molecule has 1 fully saturated rings. The van der Waals surface area contributed by atoms with Crippen molar-refractivity contribution in [2.75, 3.05) is 25.5 Å². The average Bonchev–Trinajstić information content (AvgIpc) is 3.02. The number of hydrogen-bond donors (Lipinski definition) is 3. The zero-order valence-electron chi connectivity index (χ0n) is 20.8. The second-order valence-electron chi connectivity index (χ2n) is 9.80. The van der Waals surface area contributed by atoms with E-state index in [1.165, 1.54) is 30.4 Å². The lowest BCUT2D eigenvalue weighted by atomic mass is 9.83. The Morgan fingerprint density at radius 1 is 1.11 bits per heavy atom. The molecule has 38 heavy (non-hydrogen) atoms. The molecule has 0 saturated carbocycles. The first-order valence-electron chi connectivity index (χ1n) is 11.7. The highest BCUT2D eigenvalue weighted by Gasteiger charge is 2.48. The van der Waals surface area contributed by atoms with E-state index in [4.69, 9.17) is 9.90 Å². The topological polar surface area (TPSA) is 94.6 Å². The molecule has 1 saturated heterocycles. The lowest BCUT2D eigenvalue weighted by molar-refractivity contribution is -0.192. The SMILES string of the molecule is CN(C(=O)C1CNC1)[C@@H](c1ccc(NC2Cc3ccccc3C2(C)C)cn1)C(F)(F)F.O=C(O)C(F)(F)F. The molecule has 1 amide bonds. The molecule has 1 aromatic carbocycles. The third-order valence-corrected chi connectivity index (χ3v) is 6.83. The molecule has 0 radical (unpaired) electrons. The Labute approximate surface area is 215 Å². The van der Waals surface area contributed by atoms with E-state index in [9.17, 15) is 31.1 Å². The van der Waals surface area contributed by atoms with Crippen molar-refractivity contribution in [1.82, 2.24) is 15.2 Å². The zero-order valence-corrected chi connectivity index (χ0v) is 20.8. The van der Waals surface area contributed by atoms with Crippen molar-refractivity contribution in [1.29, 1.82) is 0 Å². The predicted molar refractivity (Wildman–Crippen MR) is 126 cm³/mol. The van der Waals surface area contributed by atoms with Crippen LogP contribution < -0.4 is 10.6 Å². The van der Waals surface area contributed by atoms with Gasteiger partial charge in [0.1, 0.15) is 0 Å². The summed E-state index contributed by atoms with van der Waals surface area (Å²) in [4.78, 5) is 26.2. The average molecular weight is 547 g/mol. The minimum atomic E-state index is -5.08. The van der Waals surface area contributed by atoms with Crippen molar-refractivity contribution in [3.63, 3.8) is 0 Å². The second kappa shape index (κ2) is 10.8. The molecule has 4 rings (SSSR count). The highest BCUT2D eigenvalue weighted by Crippen LogP contribution is 2.40. The summed E-state index contributed by atoms with van der Waals surface area (Å²) in [6, 6.07) is 9.28. The molecule has 2 aliphatic rings. The summed E-state index contributed by atoms with van der Waals surface area (Å²) in [7, 11) is 1.20. The highest BCUT2D eigenvalue weighted by molar-refractivity contribution is 5.80. The van der Waals surface area contributed by atoms with Gasteiger partial charge < -0.3 is 20.6 Å². The molecule has 3 N–H and O–H groups in total. The number of aliphatic carboxylic acids is 1. The minimum absolute atomic E-state index is 0.103. The number of carboxylic acids is 1. The summed E-state index contributed by atoms with van der Waals surface area (Å²) in [6.45, 7) is 5.13. The molecule has 208 valence electrons. The third kappa shape index (κ3) is 6.37. The van der Waals surface area contributed by atoms with Gasteiger partial charge in [-0.15, -0.1) is 0 Å². The van der Waals surface area contributed by atoms with Crippen molar-refractivity contribution in [2.45, 2.75) is 50.1 Å². The van der Waals surface area contributed by atoms with E-state index in [1.54, 1.807) is 6.07 Å². The summed E-state index contributed by atoms with van der Waals surface area (Å²) in [5.74, 6) is -3.69.